The van der Waals surface area contributed by atoms with Gasteiger partial charge in [0.05, 0.1) is 22.8 Å². The van der Waals surface area contributed by atoms with Crippen molar-refractivity contribution in [2.45, 2.75) is 12.3 Å². The molecule has 1 aliphatic heterocycles. The van der Waals surface area contributed by atoms with Gasteiger partial charge in [0.1, 0.15) is 5.15 Å². The van der Waals surface area contributed by atoms with Crippen LogP contribution in [0.4, 0.5) is 23.2 Å². The second-order valence-corrected chi connectivity index (χ2v) is 7.25. The molecule has 0 saturated carbocycles. The van der Waals surface area contributed by atoms with Gasteiger partial charge in [-0.3, -0.25) is 9.48 Å². The van der Waals surface area contributed by atoms with E-state index in [-0.39, 0.29) is 4.99 Å². The number of halogens is 5. The van der Waals surface area contributed by atoms with Gasteiger partial charge in [-0.2, -0.15) is 5.10 Å². The van der Waals surface area contributed by atoms with Crippen molar-refractivity contribution in [2.24, 2.45) is 13.0 Å². The second kappa shape index (κ2) is 7.79. The highest BCUT2D eigenvalue weighted by Gasteiger charge is 2.43. The van der Waals surface area contributed by atoms with Gasteiger partial charge in [0.2, 0.25) is 5.91 Å². The van der Waals surface area contributed by atoms with Crippen LogP contribution in [0.15, 0.2) is 24.4 Å². The van der Waals surface area contributed by atoms with E-state index in [4.69, 9.17) is 23.8 Å². The zero-order chi connectivity index (χ0) is 21.5. The van der Waals surface area contributed by atoms with Crippen LogP contribution in [0.1, 0.15) is 11.5 Å². The molecule has 0 bridgehead atoms. The maximum Gasteiger partial charge on any atom is 0.573 e. The number of likely N-dealkylation sites (N-methyl/N-ethyl adjacent to an activating group) is 1. The molecule has 1 saturated heterocycles. The van der Waals surface area contributed by atoms with Crippen molar-refractivity contribution >= 4 is 40.4 Å². The number of aromatic nitrogens is 2. The van der Waals surface area contributed by atoms with Crippen LogP contribution in [0.2, 0.25) is 5.15 Å². The number of nitrogens with one attached hydrogen (secondary N) is 1. The van der Waals surface area contributed by atoms with Gasteiger partial charge in [-0.15, -0.1) is 13.2 Å². The molecule has 0 spiro atoms. The molecule has 0 aliphatic carbocycles. The van der Waals surface area contributed by atoms with Gasteiger partial charge >= 0.3 is 6.36 Å². The lowest BCUT2D eigenvalue weighted by Gasteiger charge is -2.19. The number of nitrogens with zero attached hydrogens (tertiary/aromatic N) is 3. The lowest BCUT2D eigenvalue weighted by atomic mass is 9.90. The van der Waals surface area contributed by atoms with Crippen LogP contribution in [0.5, 0.6) is 5.75 Å². The van der Waals surface area contributed by atoms with Crippen LogP contribution >= 0.6 is 23.8 Å². The van der Waals surface area contributed by atoms with Gasteiger partial charge in [-0.1, -0.05) is 29.9 Å². The molecule has 1 N–H and O–H groups in total. The van der Waals surface area contributed by atoms with Gasteiger partial charge in [0, 0.05) is 32.1 Å². The lowest BCUT2D eigenvalue weighted by molar-refractivity contribution is -0.275. The summed E-state index contributed by atoms with van der Waals surface area (Å²) in [6.45, 7) is 0.359. The van der Waals surface area contributed by atoms with E-state index in [0.29, 0.717) is 17.3 Å². The number of amides is 1. The van der Waals surface area contributed by atoms with Crippen LogP contribution in [-0.4, -0.2) is 45.5 Å². The fraction of sp³-hybridized carbons (Fsp3) is 0.353. The molecule has 0 unspecified atom stereocenters. The number of para-hydroxylation sites is 1. The summed E-state index contributed by atoms with van der Waals surface area (Å²) in [5, 5.41) is 6.67. The first-order chi connectivity index (χ1) is 13.5. The number of ether oxygens (including phenoxy) is 1. The third-order valence-electron chi connectivity index (χ3n) is 4.53. The van der Waals surface area contributed by atoms with Crippen molar-refractivity contribution in [3.8, 4) is 5.75 Å². The van der Waals surface area contributed by atoms with Crippen LogP contribution in [0.25, 0.3) is 0 Å². The number of rotatable bonds is 4. The molecule has 29 heavy (non-hydrogen) atoms. The van der Waals surface area contributed by atoms with E-state index in [0.717, 1.165) is 18.2 Å². The molecule has 12 heteroatoms. The van der Waals surface area contributed by atoms with Gasteiger partial charge in [0.25, 0.3) is 0 Å². The van der Waals surface area contributed by atoms with E-state index in [1.807, 2.05) is 0 Å². The van der Waals surface area contributed by atoms with Crippen molar-refractivity contribution in [2.75, 3.05) is 18.9 Å². The molecule has 2 aromatic rings. The minimum absolute atomic E-state index is 0.280. The summed E-state index contributed by atoms with van der Waals surface area (Å²) in [7, 11) is 3.32. The average Bonchev–Trinajstić information content (AvgIpc) is 3.09. The molecule has 3 rings (SSSR count). The number of aryl methyl sites for hydroxylation is 1. The van der Waals surface area contributed by atoms with Gasteiger partial charge in [-0.05, 0) is 12.1 Å². The molecular formula is C17H15ClF4N4O2S. The second-order valence-electron chi connectivity index (χ2n) is 6.47. The maximum atomic E-state index is 13.9. The fourth-order valence-electron chi connectivity index (χ4n) is 3.20. The number of anilines is 1. The summed E-state index contributed by atoms with van der Waals surface area (Å²) in [4.78, 5) is 14.9. The Labute approximate surface area is 173 Å². The summed E-state index contributed by atoms with van der Waals surface area (Å²) in [6, 6.07) is 3.06. The van der Waals surface area contributed by atoms with Crippen LogP contribution in [-0.2, 0) is 11.8 Å². The lowest BCUT2D eigenvalue weighted by Crippen LogP contribution is -2.32. The molecule has 2 atom stereocenters. The Morgan fingerprint density at radius 2 is 2.07 bits per heavy atom. The minimum Gasteiger partial charge on any atom is -0.400 e. The SMILES string of the molecule is CN1C[C@H](c2cnn(C)c2Cl)[C@@H](C(=O)Nc2cccc(F)c2OC(F)(F)F)C1=S. The maximum absolute atomic E-state index is 13.9. The van der Waals surface area contributed by atoms with Crippen molar-refractivity contribution in [3.05, 3.63) is 40.9 Å². The average molecular weight is 451 g/mol. The fourth-order valence-corrected chi connectivity index (χ4v) is 3.78. The summed E-state index contributed by atoms with van der Waals surface area (Å²) in [5.41, 5.74) is 0.118. The van der Waals surface area contributed by atoms with Crippen LogP contribution in [0, 0.1) is 11.7 Å². The van der Waals surface area contributed by atoms with E-state index < -0.39 is 41.4 Å². The Morgan fingerprint density at radius 3 is 2.66 bits per heavy atom. The predicted octanol–water partition coefficient (Wildman–Crippen LogP) is 3.72. The van der Waals surface area contributed by atoms with E-state index in [2.05, 4.69) is 15.2 Å². The number of thiocarbonyl (C=S) groups is 1. The van der Waals surface area contributed by atoms with Gasteiger partial charge in [0.15, 0.2) is 11.6 Å². The van der Waals surface area contributed by atoms with Crippen LogP contribution < -0.4 is 10.1 Å². The van der Waals surface area contributed by atoms with E-state index in [1.54, 1.807) is 19.0 Å². The van der Waals surface area contributed by atoms with E-state index in [9.17, 15) is 22.4 Å². The molecule has 1 fully saturated rings. The molecule has 6 nitrogen and oxygen atoms in total. The minimum atomic E-state index is -5.13. The number of benzene rings is 1. The topological polar surface area (TPSA) is 59.4 Å². The first-order valence-electron chi connectivity index (χ1n) is 8.27. The van der Waals surface area contributed by atoms with Gasteiger partial charge < -0.3 is 15.0 Å². The standard InChI is InChI=1S/C17H15ClF4N4O2S/c1-25-7-9(8-6-23-26(2)14(8)18)12(16(25)29)15(27)24-11-5-3-4-10(19)13(11)28-17(20,21)22/h3-6,9,12H,7H2,1-2H3,(H,24,27)/t9-,12+/m1/s1. The quantitative estimate of drug-likeness (QED) is 0.568. The van der Waals surface area contributed by atoms with Crippen LogP contribution in [0.3, 0.4) is 0 Å². The molecule has 156 valence electrons. The molecular weight excluding hydrogens is 436 g/mol. The Bertz CT molecular complexity index is 965. The van der Waals surface area contributed by atoms with Crippen molar-refractivity contribution < 1.29 is 27.1 Å². The molecule has 1 aromatic heterocycles. The highest BCUT2D eigenvalue weighted by molar-refractivity contribution is 7.80. The van der Waals surface area contributed by atoms with Crippen molar-refractivity contribution in [1.29, 1.82) is 0 Å². The first-order valence-corrected chi connectivity index (χ1v) is 9.05. The first kappa shape index (κ1) is 21.3. The summed E-state index contributed by atoms with van der Waals surface area (Å²) in [6.07, 6.45) is -3.62. The van der Waals surface area contributed by atoms with E-state index in [1.165, 1.54) is 10.9 Å². The number of carbonyl (C=O) groups is 1. The Hall–Kier alpha value is -2.40. The Kier molecular flexibility index (Phi) is 5.72. The number of likely N-dealkylation sites (tertiary alicyclic amines) is 1. The number of carbonyl (C=O) groups excluding carboxylic acids is 1. The smallest absolute Gasteiger partial charge is 0.400 e. The Balaban J connectivity index is 1.92. The number of alkyl halides is 3. The highest BCUT2D eigenvalue weighted by atomic mass is 35.5. The summed E-state index contributed by atoms with van der Waals surface area (Å²) >= 11 is 11.6. The summed E-state index contributed by atoms with van der Waals surface area (Å²) < 4.78 is 57.0. The zero-order valence-electron chi connectivity index (χ0n) is 15.1. The third-order valence-corrected chi connectivity index (χ3v) is 5.56. The third kappa shape index (κ3) is 4.30. The molecule has 0 radical (unpaired) electrons. The highest BCUT2D eigenvalue weighted by Crippen LogP contribution is 2.39. The zero-order valence-corrected chi connectivity index (χ0v) is 16.7. The van der Waals surface area contributed by atoms with Gasteiger partial charge in [-0.25, -0.2) is 4.39 Å². The number of hydrogen-bond acceptors (Lipinski definition) is 4. The summed E-state index contributed by atoms with van der Waals surface area (Å²) in [5.74, 6) is -4.49. The van der Waals surface area contributed by atoms with Crippen molar-refractivity contribution in [1.82, 2.24) is 14.7 Å². The molecule has 2 heterocycles. The monoisotopic (exact) mass is 450 g/mol. The molecule has 1 aromatic carbocycles. The Morgan fingerprint density at radius 1 is 1.38 bits per heavy atom. The predicted molar refractivity (Wildman–Crippen MR) is 101 cm³/mol. The normalized spacial score (nSPS) is 19.6. The largest absolute Gasteiger partial charge is 0.573 e. The molecule has 1 aliphatic rings. The molecule has 1 amide bonds. The van der Waals surface area contributed by atoms with Crippen molar-refractivity contribution in [3.63, 3.8) is 0 Å². The van der Waals surface area contributed by atoms with E-state index >= 15 is 0 Å². The number of hydrogen-bond donors (Lipinski definition) is 1.